The molecular weight excluding hydrogens is 339 g/mol. The van der Waals surface area contributed by atoms with Crippen LogP contribution in [0.4, 0.5) is 11.4 Å². The van der Waals surface area contributed by atoms with Crippen molar-refractivity contribution in [3.63, 3.8) is 0 Å². The van der Waals surface area contributed by atoms with Gasteiger partial charge in [0.25, 0.3) is 0 Å². The van der Waals surface area contributed by atoms with E-state index >= 15 is 0 Å². The molecule has 0 aliphatic carbocycles. The molecule has 7 heteroatoms. The van der Waals surface area contributed by atoms with Crippen LogP contribution in [0.2, 0.25) is 0 Å². The lowest BCUT2D eigenvalue weighted by molar-refractivity contribution is -0.117. The van der Waals surface area contributed by atoms with Gasteiger partial charge in [-0.1, -0.05) is 30.3 Å². The summed E-state index contributed by atoms with van der Waals surface area (Å²) in [7, 11) is -0.731. The number of rotatable bonds is 4. The van der Waals surface area contributed by atoms with Gasteiger partial charge in [0.2, 0.25) is 5.91 Å². The van der Waals surface area contributed by atoms with Crippen LogP contribution in [0, 0.1) is 0 Å². The monoisotopic (exact) mass is 358 g/mol. The Balaban J connectivity index is 1.62. The lowest BCUT2D eigenvalue weighted by Gasteiger charge is -2.23. The third kappa shape index (κ3) is 3.42. The van der Waals surface area contributed by atoms with Gasteiger partial charge in [-0.25, -0.2) is 0 Å². The van der Waals surface area contributed by atoms with Gasteiger partial charge in [-0.3, -0.25) is 9.78 Å². The highest BCUT2D eigenvalue weighted by Gasteiger charge is 2.25. The molecule has 2 aromatic carbocycles. The van der Waals surface area contributed by atoms with Crippen LogP contribution < -0.4 is 16.3 Å². The Morgan fingerprint density at radius 3 is 3.00 bits per heavy atom. The maximum absolute atomic E-state index is 12.9. The quantitative estimate of drug-likeness (QED) is 0.537. The van der Waals surface area contributed by atoms with E-state index in [1.807, 2.05) is 48.5 Å². The zero-order valence-corrected chi connectivity index (χ0v) is 14.6. The predicted molar refractivity (Wildman–Crippen MR) is 109 cm³/mol. The Morgan fingerprint density at radius 1 is 1.26 bits per heavy atom. The molecule has 2 heterocycles. The van der Waals surface area contributed by atoms with Crippen LogP contribution in [-0.2, 0) is 4.79 Å². The van der Waals surface area contributed by atoms with E-state index in [1.165, 1.54) is 0 Å². The third-order valence-electron chi connectivity index (χ3n) is 4.72. The Hall–Kier alpha value is -3.16. The van der Waals surface area contributed by atoms with Gasteiger partial charge in [-0.05, 0) is 40.8 Å². The van der Waals surface area contributed by atoms with E-state index in [1.54, 1.807) is 18.4 Å². The standard InChI is InChI=1S/C20H19BN4O2/c22-11-18(16-2-1-3-19-17(16)6-8-21(27)25-19)20(26)24-15-5-4-14-12-23-9-7-13(14)10-15/h1-10,12,18,25,27H,11,22H2,(H,24,26). The summed E-state index contributed by atoms with van der Waals surface area (Å²) in [6, 6.07) is 13.2. The highest BCUT2D eigenvalue weighted by atomic mass is 16.2. The molecule has 134 valence electrons. The van der Waals surface area contributed by atoms with Crippen molar-refractivity contribution in [2.24, 2.45) is 5.73 Å². The lowest BCUT2D eigenvalue weighted by atomic mass is 9.77. The number of aromatic nitrogens is 1. The smallest absolute Gasteiger partial charge is 0.429 e. The average molecular weight is 358 g/mol. The zero-order chi connectivity index (χ0) is 18.8. The van der Waals surface area contributed by atoms with Crippen LogP contribution in [0.1, 0.15) is 17.0 Å². The number of hydrogen-bond donors (Lipinski definition) is 4. The number of nitrogens with two attached hydrogens (primary N) is 1. The fraction of sp³-hybridized carbons (Fsp3) is 0.100. The number of carbonyl (C=O) groups excluding carboxylic acids is 1. The first-order valence-corrected chi connectivity index (χ1v) is 8.76. The molecule has 1 atom stereocenters. The molecule has 27 heavy (non-hydrogen) atoms. The van der Waals surface area contributed by atoms with Gasteiger partial charge in [0.15, 0.2) is 0 Å². The molecule has 0 saturated heterocycles. The van der Waals surface area contributed by atoms with Crippen LogP contribution in [0.3, 0.4) is 0 Å². The molecule has 1 aromatic heterocycles. The largest absolute Gasteiger partial charge is 0.438 e. The molecule has 1 aliphatic rings. The summed E-state index contributed by atoms with van der Waals surface area (Å²) < 4.78 is 0. The van der Waals surface area contributed by atoms with E-state index in [-0.39, 0.29) is 12.5 Å². The number of pyridine rings is 1. The Labute approximate surface area is 157 Å². The van der Waals surface area contributed by atoms with Crippen molar-refractivity contribution >= 4 is 41.2 Å². The number of anilines is 2. The van der Waals surface area contributed by atoms with Crippen molar-refractivity contribution in [2.75, 3.05) is 17.1 Å². The molecule has 0 spiro atoms. The van der Waals surface area contributed by atoms with Crippen molar-refractivity contribution in [1.82, 2.24) is 4.98 Å². The van der Waals surface area contributed by atoms with E-state index in [2.05, 4.69) is 15.5 Å². The number of hydrogen-bond acceptors (Lipinski definition) is 5. The second kappa shape index (κ2) is 7.22. The Morgan fingerprint density at radius 2 is 2.15 bits per heavy atom. The maximum atomic E-state index is 12.9. The molecule has 5 N–H and O–H groups in total. The first-order chi connectivity index (χ1) is 13.2. The van der Waals surface area contributed by atoms with Crippen LogP contribution in [0.25, 0.3) is 16.8 Å². The highest BCUT2D eigenvalue weighted by Crippen LogP contribution is 2.31. The van der Waals surface area contributed by atoms with Crippen molar-refractivity contribution in [3.05, 3.63) is 72.0 Å². The predicted octanol–water partition coefficient (Wildman–Crippen LogP) is 2.37. The van der Waals surface area contributed by atoms with E-state index in [4.69, 9.17) is 5.73 Å². The molecule has 0 bridgehead atoms. The zero-order valence-electron chi connectivity index (χ0n) is 14.6. The fourth-order valence-electron chi connectivity index (χ4n) is 3.36. The van der Waals surface area contributed by atoms with Gasteiger partial charge >= 0.3 is 7.05 Å². The number of benzene rings is 2. The van der Waals surface area contributed by atoms with Gasteiger partial charge in [0, 0.05) is 35.7 Å². The molecule has 4 rings (SSSR count). The van der Waals surface area contributed by atoms with E-state index in [0.29, 0.717) is 5.69 Å². The number of carbonyl (C=O) groups is 1. The average Bonchev–Trinajstić information content (AvgIpc) is 2.68. The molecule has 6 nitrogen and oxygen atoms in total. The number of nitrogens with one attached hydrogen (secondary N) is 2. The molecule has 0 radical (unpaired) electrons. The molecule has 1 unspecified atom stereocenters. The normalized spacial score (nSPS) is 13.8. The number of fused-ring (bicyclic) bond motifs is 2. The van der Waals surface area contributed by atoms with Crippen molar-refractivity contribution in [2.45, 2.75) is 5.92 Å². The van der Waals surface area contributed by atoms with Gasteiger partial charge in [0.1, 0.15) is 0 Å². The Kier molecular flexibility index (Phi) is 4.62. The molecule has 1 amide bonds. The minimum atomic E-state index is -0.731. The summed E-state index contributed by atoms with van der Waals surface area (Å²) in [6.07, 6.45) is 5.33. The van der Waals surface area contributed by atoms with Crippen LogP contribution in [0.15, 0.2) is 60.8 Å². The first-order valence-electron chi connectivity index (χ1n) is 8.76. The van der Waals surface area contributed by atoms with E-state index in [9.17, 15) is 9.82 Å². The minimum Gasteiger partial charge on any atom is -0.429 e. The second-order valence-electron chi connectivity index (χ2n) is 6.47. The number of nitrogens with zero attached hydrogens (tertiary/aromatic N) is 1. The topological polar surface area (TPSA) is 100 Å². The van der Waals surface area contributed by atoms with Crippen molar-refractivity contribution in [1.29, 1.82) is 0 Å². The molecule has 0 fully saturated rings. The van der Waals surface area contributed by atoms with Gasteiger partial charge in [-0.15, -0.1) is 0 Å². The fourth-order valence-corrected chi connectivity index (χ4v) is 3.36. The van der Waals surface area contributed by atoms with Crippen molar-refractivity contribution < 1.29 is 9.82 Å². The summed E-state index contributed by atoms with van der Waals surface area (Å²) in [5.41, 5.74) is 9.15. The van der Waals surface area contributed by atoms with Gasteiger partial charge < -0.3 is 21.3 Å². The summed E-state index contributed by atoms with van der Waals surface area (Å²) in [5.74, 6) is 0.975. The maximum Gasteiger partial charge on any atom is 0.438 e. The van der Waals surface area contributed by atoms with E-state index < -0.39 is 13.0 Å². The summed E-state index contributed by atoms with van der Waals surface area (Å²) in [4.78, 5) is 17.0. The lowest BCUT2D eigenvalue weighted by Crippen LogP contribution is -2.30. The molecule has 3 aromatic rings. The minimum absolute atomic E-state index is 0.168. The number of amides is 1. The SMILES string of the molecule is NCC(C(=O)Nc1ccc2cnccc2c1)c1cccc2c1C=CB(O)N2. The molecule has 0 saturated carbocycles. The van der Waals surface area contributed by atoms with E-state index in [0.717, 1.165) is 27.6 Å². The summed E-state index contributed by atoms with van der Waals surface area (Å²) in [5, 5.41) is 17.7. The summed E-state index contributed by atoms with van der Waals surface area (Å²) in [6.45, 7) is 0.177. The van der Waals surface area contributed by atoms with Gasteiger partial charge in [0.05, 0.1) is 5.92 Å². The van der Waals surface area contributed by atoms with Crippen LogP contribution >= 0.6 is 0 Å². The van der Waals surface area contributed by atoms with Crippen LogP contribution in [-0.4, -0.2) is 29.5 Å². The molecular formula is C20H19BN4O2. The summed E-state index contributed by atoms with van der Waals surface area (Å²) >= 11 is 0. The van der Waals surface area contributed by atoms with Crippen LogP contribution in [0.5, 0.6) is 0 Å². The third-order valence-corrected chi connectivity index (χ3v) is 4.72. The first kappa shape index (κ1) is 17.3. The molecule has 1 aliphatic heterocycles. The highest BCUT2D eigenvalue weighted by molar-refractivity contribution is 6.61. The van der Waals surface area contributed by atoms with Gasteiger partial charge in [-0.2, -0.15) is 0 Å². The van der Waals surface area contributed by atoms with Crippen molar-refractivity contribution in [3.8, 4) is 0 Å². The Bertz CT molecular complexity index is 1040. The second-order valence-corrected chi connectivity index (χ2v) is 6.47.